The van der Waals surface area contributed by atoms with Gasteiger partial charge >= 0.3 is 0 Å². The van der Waals surface area contributed by atoms with Crippen LogP contribution in [0.4, 0.5) is 5.69 Å². The number of amides is 1. The molecule has 2 aromatic rings. The number of hydrogen-bond donors (Lipinski definition) is 1. The zero-order valence-corrected chi connectivity index (χ0v) is 12.3. The normalized spacial score (nSPS) is 10.3. The molecule has 0 aliphatic rings. The number of nitrogens with one attached hydrogen (secondary N) is 1. The van der Waals surface area contributed by atoms with E-state index in [0.29, 0.717) is 21.8 Å². The number of benzene rings is 1. The first-order valence-electron chi connectivity index (χ1n) is 6.17. The SMILES string of the molecule is Cc1ccc(C#N)cc1NC(=O)c1snnc1C(C)C. The standard InChI is InChI=1S/C14H14N4OS/c1-8(2)12-13(20-18-17-12)14(19)16-11-6-10(7-15)5-4-9(11)3/h4-6,8H,1-3H3,(H,16,19). The first-order valence-corrected chi connectivity index (χ1v) is 6.94. The van der Waals surface area contributed by atoms with Crippen LogP contribution >= 0.6 is 11.5 Å². The average Bonchev–Trinajstić information content (AvgIpc) is 2.90. The van der Waals surface area contributed by atoms with Gasteiger partial charge in [0.15, 0.2) is 0 Å². The number of aromatic nitrogens is 2. The molecule has 5 nitrogen and oxygen atoms in total. The van der Waals surface area contributed by atoms with Gasteiger partial charge in [0.1, 0.15) is 4.88 Å². The number of nitrogens with zero attached hydrogens (tertiary/aromatic N) is 3. The topological polar surface area (TPSA) is 78.7 Å². The molecule has 1 aromatic carbocycles. The third-order valence-corrected chi connectivity index (χ3v) is 3.62. The summed E-state index contributed by atoms with van der Waals surface area (Å²) in [4.78, 5) is 12.8. The van der Waals surface area contributed by atoms with Crippen LogP contribution in [0.2, 0.25) is 0 Å². The van der Waals surface area contributed by atoms with Crippen LogP contribution in [0.15, 0.2) is 18.2 Å². The third kappa shape index (κ3) is 2.83. The van der Waals surface area contributed by atoms with Crippen LogP contribution < -0.4 is 5.32 Å². The molecular weight excluding hydrogens is 272 g/mol. The van der Waals surface area contributed by atoms with E-state index < -0.39 is 0 Å². The summed E-state index contributed by atoms with van der Waals surface area (Å²) in [5, 5.41) is 15.7. The van der Waals surface area contributed by atoms with E-state index in [1.807, 2.05) is 26.8 Å². The summed E-state index contributed by atoms with van der Waals surface area (Å²) in [6, 6.07) is 7.25. The van der Waals surface area contributed by atoms with Gasteiger partial charge in [-0.15, -0.1) is 5.10 Å². The fraction of sp³-hybridized carbons (Fsp3) is 0.286. The number of anilines is 1. The third-order valence-electron chi connectivity index (χ3n) is 2.88. The van der Waals surface area contributed by atoms with Crippen LogP contribution in [0.1, 0.15) is 46.3 Å². The zero-order chi connectivity index (χ0) is 14.7. The van der Waals surface area contributed by atoms with Crippen LogP contribution in [0.5, 0.6) is 0 Å². The summed E-state index contributed by atoms with van der Waals surface area (Å²) in [6.07, 6.45) is 0. The van der Waals surface area contributed by atoms with Crippen LogP contribution in [-0.4, -0.2) is 15.5 Å². The molecule has 0 unspecified atom stereocenters. The van der Waals surface area contributed by atoms with Gasteiger partial charge in [-0.05, 0) is 42.1 Å². The monoisotopic (exact) mass is 286 g/mol. The van der Waals surface area contributed by atoms with Gasteiger partial charge < -0.3 is 5.32 Å². The van der Waals surface area contributed by atoms with Crippen LogP contribution in [-0.2, 0) is 0 Å². The average molecular weight is 286 g/mol. The molecule has 102 valence electrons. The van der Waals surface area contributed by atoms with Crippen molar-refractivity contribution in [1.29, 1.82) is 5.26 Å². The number of aryl methyl sites for hydroxylation is 1. The molecule has 1 aromatic heterocycles. The lowest BCUT2D eigenvalue weighted by atomic mass is 10.1. The fourth-order valence-corrected chi connectivity index (χ4v) is 2.45. The van der Waals surface area contributed by atoms with Crippen molar-refractivity contribution in [3.05, 3.63) is 39.9 Å². The largest absolute Gasteiger partial charge is 0.321 e. The minimum atomic E-state index is -0.234. The van der Waals surface area contributed by atoms with Gasteiger partial charge in [-0.25, -0.2) is 0 Å². The van der Waals surface area contributed by atoms with Crippen molar-refractivity contribution in [2.75, 3.05) is 5.32 Å². The Morgan fingerprint density at radius 1 is 1.45 bits per heavy atom. The van der Waals surface area contributed by atoms with Crippen molar-refractivity contribution in [1.82, 2.24) is 9.59 Å². The fourth-order valence-electron chi connectivity index (χ4n) is 1.74. The van der Waals surface area contributed by atoms with Gasteiger partial charge in [0.05, 0.1) is 17.3 Å². The van der Waals surface area contributed by atoms with Crippen molar-refractivity contribution in [3.8, 4) is 6.07 Å². The summed E-state index contributed by atoms with van der Waals surface area (Å²) in [6.45, 7) is 5.81. The molecule has 0 aliphatic carbocycles. The lowest BCUT2D eigenvalue weighted by Gasteiger charge is -2.09. The minimum Gasteiger partial charge on any atom is -0.321 e. The van der Waals surface area contributed by atoms with E-state index in [2.05, 4.69) is 21.0 Å². The van der Waals surface area contributed by atoms with Crippen LogP contribution in [0.3, 0.4) is 0 Å². The Bertz CT molecular complexity index is 685. The highest BCUT2D eigenvalue weighted by atomic mass is 32.1. The number of nitriles is 1. The number of hydrogen-bond acceptors (Lipinski definition) is 5. The van der Waals surface area contributed by atoms with E-state index in [0.717, 1.165) is 17.1 Å². The predicted molar refractivity (Wildman–Crippen MR) is 77.8 cm³/mol. The van der Waals surface area contributed by atoms with Gasteiger partial charge in [0.25, 0.3) is 5.91 Å². The molecular formula is C14H14N4OS. The highest BCUT2D eigenvalue weighted by molar-refractivity contribution is 7.08. The lowest BCUT2D eigenvalue weighted by molar-refractivity contribution is 0.102. The maximum absolute atomic E-state index is 12.3. The molecule has 6 heteroatoms. The molecule has 1 N–H and O–H groups in total. The Morgan fingerprint density at radius 2 is 2.20 bits per heavy atom. The predicted octanol–water partition coefficient (Wildman–Crippen LogP) is 3.09. The van der Waals surface area contributed by atoms with E-state index in [-0.39, 0.29) is 11.8 Å². The van der Waals surface area contributed by atoms with Crippen molar-refractivity contribution >= 4 is 23.1 Å². The molecule has 0 radical (unpaired) electrons. The first kappa shape index (κ1) is 14.2. The molecule has 0 saturated carbocycles. The van der Waals surface area contributed by atoms with E-state index in [9.17, 15) is 4.79 Å². The van der Waals surface area contributed by atoms with E-state index in [4.69, 9.17) is 5.26 Å². The van der Waals surface area contributed by atoms with Crippen LogP contribution in [0.25, 0.3) is 0 Å². The van der Waals surface area contributed by atoms with E-state index in [1.54, 1.807) is 12.1 Å². The molecule has 1 amide bonds. The maximum atomic E-state index is 12.3. The molecule has 0 fully saturated rings. The maximum Gasteiger partial charge on any atom is 0.269 e. The number of carbonyl (C=O) groups is 1. The highest BCUT2D eigenvalue weighted by Crippen LogP contribution is 2.22. The summed E-state index contributed by atoms with van der Waals surface area (Å²) < 4.78 is 3.84. The Kier molecular flexibility index (Phi) is 4.11. The van der Waals surface area contributed by atoms with Gasteiger partial charge in [-0.1, -0.05) is 24.4 Å². The lowest BCUT2D eigenvalue weighted by Crippen LogP contribution is -2.14. The second kappa shape index (κ2) is 5.80. The molecule has 2 rings (SSSR count). The first-order chi connectivity index (χ1) is 9.52. The van der Waals surface area contributed by atoms with Crippen molar-refractivity contribution in [2.24, 2.45) is 0 Å². The number of carbonyl (C=O) groups excluding carboxylic acids is 1. The number of rotatable bonds is 3. The summed E-state index contributed by atoms with van der Waals surface area (Å²) >= 11 is 1.08. The van der Waals surface area contributed by atoms with Crippen molar-refractivity contribution in [3.63, 3.8) is 0 Å². The van der Waals surface area contributed by atoms with Gasteiger partial charge in [-0.3, -0.25) is 4.79 Å². The molecule has 0 atom stereocenters. The minimum absolute atomic E-state index is 0.140. The molecule has 0 aliphatic heterocycles. The van der Waals surface area contributed by atoms with E-state index >= 15 is 0 Å². The molecule has 0 bridgehead atoms. The van der Waals surface area contributed by atoms with Gasteiger partial charge in [0.2, 0.25) is 0 Å². The smallest absolute Gasteiger partial charge is 0.269 e. The van der Waals surface area contributed by atoms with Crippen molar-refractivity contribution in [2.45, 2.75) is 26.7 Å². The molecule has 0 spiro atoms. The Hall–Kier alpha value is -2.26. The summed E-state index contributed by atoms with van der Waals surface area (Å²) in [5.74, 6) is -0.0945. The van der Waals surface area contributed by atoms with E-state index in [1.165, 1.54) is 0 Å². The highest BCUT2D eigenvalue weighted by Gasteiger charge is 2.19. The van der Waals surface area contributed by atoms with Gasteiger partial charge in [-0.2, -0.15) is 5.26 Å². The summed E-state index contributed by atoms with van der Waals surface area (Å²) in [7, 11) is 0. The Balaban J connectivity index is 2.28. The molecule has 1 heterocycles. The van der Waals surface area contributed by atoms with Crippen LogP contribution in [0, 0.1) is 18.3 Å². The summed E-state index contributed by atoms with van der Waals surface area (Å²) in [5.41, 5.74) is 2.75. The van der Waals surface area contributed by atoms with Crippen molar-refractivity contribution < 1.29 is 4.79 Å². The second-order valence-corrected chi connectivity index (χ2v) is 5.49. The molecule has 20 heavy (non-hydrogen) atoms. The Labute approximate surface area is 121 Å². The Morgan fingerprint density at radius 3 is 2.85 bits per heavy atom. The second-order valence-electron chi connectivity index (χ2n) is 4.74. The van der Waals surface area contributed by atoms with Gasteiger partial charge in [0, 0.05) is 5.69 Å². The zero-order valence-electron chi connectivity index (χ0n) is 11.5. The molecule has 0 saturated heterocycles. The quantitative estimate of drug-likeness (QED) is 0.940.